The Labute approximate surface area is 69.8 Å². The lowest BCUT2D eigenvalue weighted by Crippen LogP contribution is -1.86. The summed E-state index contributed by atoms with van der Waals surface area (Å²) in [4.78, 5) is 0. The summed E-state index contributed by atoms with van der Waals surface area (Å²) in [5.41, 5.74) is 1.36. The van der Waals surface area contributed by atoms with Gasteiger partial charge in [-0.05, 0) is 24.1 Å². The molecule has 0 atom stereocenters. The number of fused-ring (bicyclic) bond motifs is 1. The monoisotopic (exact) mass is 164 g/mol. The van der Waals surface area contributed by atoms with Gasteiger partial charge in [0.2, 0.25) is 0 Å². The van der Waals surface area contributed by atoms with Crippen LogP contribution in [0.4, 0.5) is 4.39 Å². The van der Waals surface area contributed by atoms with Crippen molar-refractivity contribution in [1.82, 2.24) is 0 Å². The van der Waals surface area contributed by atoms with Gasteiger partial charge in [-0.15, -0.1) is 0 Å². The van der Waals surface area contributed by atoms with Crippen LogP contribution in [0.2, 0.25) is 0 Å². The molecule has 12 heavy (non-hydrogen) atoms. The summed E-state index contributed by atoms with van der Waals surface area (Å²) in [6.07, 6.45) is 2.22. The van der Waals surface area contributed by atoms with E-state index in [-0.39, 0.29) is 5.82 Å². The van der Waals surface area contributed by atoms with E-state index in [1.807, 2.05) is 6.92 Å². The van der Waals surface area contributed by atoms with Gasteiger partial charge in [-0.3, -0.25) is 0 Å². The molecule has 0 amide bonds. The minimum Gasteiger partial charge on any atom is -0.464 e. The molecule has 2 rings (SSSR count). The number of hydrogen-bond donors (Lipinski definition) is 0. The zero-order chi connectivity index (χ0) is 8.55. The average molecular weight is 164 g/mol. The molecule has 0 aliphatic carbocycles. The SMILES string of the molecule is CCc1ccc2occc2c1F. The van der Waals surface area contributed by atoms with Gasteiger partial charge in [0.05, 0.1) is 11.6 Å². The Bertz CT molecular complexity index is 403. The number of halogens is 1. The molecule has 1 aromatic carbocycles. The van der Waals surface area contributed by atoms with Gasteiger partial charge in [0.25, 0.3) is 0 Å². The first kappa shape index (κ1) is 7.35. The fourth-order valence-corrected chi connectivity index (χ4v) is 1.33. The third-order valence-corrected chi connectivity index (χ3v) is 2.03. The van der Waals surface area contributed by atoms with E-state index in [0.717, 1.165) is 5.56 Å². The average Bonchev–Trinajstić information content (AvgIpc) is 2.53. The topological polar surface area (TPSA) is 13.1 Å². The second-order valence-electron chi connectivity index (χ2n) is 2.72. The van der Waals surface area contributed by atoms with Crippen molar-refractivity contribution in [3.63, 3.8) is 0 Å². The van der Waals surface area contributed by atoms with E-state index in [1.165, 1.54) is 6.26 Å². The van der Waals surface area contributed by atoms with Crippen LogP contribution in [0.25, 0.3) is 11.0 Å². The first-order valence-corrected chi connectivity index (χ1v) is 3.97. The van der Waals surface area contributed by atoms with Crippen LogP contribution >= 0.6 is 0 Å². The van der Waals surface area contributed by atoms with Crippen molar-refractivity contribution in [3.05, 3.63) is 35.8 Å². The molecule has 0 saturated heterocycles. The highest BCUT2D eigenvalue weighted by atomic mass is 19.1. The van der Waals surface area contributed by atoms with E-state index in [1.54, 1.807) is 18.2 Å². The van der Waals surface area contributed by atoms with Gasteiger partial charge in [0.1, 0.15) is 11.4 Å². The van der Waals surface area contributed by atoms with Crippen molar-refractivity contribution in [2.24, 2.45) is 0 Å². The van der Waals surface area contributed by atoms with Crippen molar-refractivity contribution in [1.29, 1.82) is 0 Å². The summed E-state index contributed by atoms with van der Waals surface area (Å²) in [5, 5.41) is 0.578. The second kappa shape index (κ2) is 2.63. The Morgan fingerprint density at radius 1 is 1.33 bits per heavy atom. The van der Waals surface area contributed by atoms with Gasteiger partial charge in [-0.1, -0.05) is 13.0 Å². The van der Waals surface area contributed by atoms with E-state index in [0.29, 0.717) is 17.4 Å². The van der Waals surface area contributed by atoms with E-state index in [4.69, 9.17) is 4.42 Å². The molecule has 0 aliphatic heterocycles. The maximum absolute atomic E-state index is 13.4. The molecule has 1 heterocycles. The molecule has 1 nitrogen and oxygen atoms in total. The molecule has 2 aromatic rings. The van der Waals surface area contributed by atoms with Crippen LogP contribution < -0.4 is 0 Å². The van der Waals surface area contributed by atoms with Crippen LogP contribution in [0.15, 0.2) is 28.9 Å². The molecule has 2 heteroatoms. The van der Waals surface area contributed by atoms with Crippen molar-refractivity contribution in [2.75, 3.05) is 0 Å². The zero-order valence-electron chi connectivity index (χ0n) is 6.80. The molecule has 0 bridgehead atoms. The lowest BCUT2D eigenvalue weighted by molar-refractivity contribution is 0.606. The number of benzene rings is 1. The van der Waals surface area contributed by atoms with Crippen LogP contribution in [0.1, 0.15) is 12.5 Å². The van der Waals surface area contributed by atoms with Gasteiger partial charge in [-0.25, -0.2) is 4.39 Å². The lowest BCUT2D eigenvalue weighted by atomic mass is 10.1. The fourth-order valence-electron chi connectivity index (χ4n) is 1.33. The Kier molecular flexibility index (Phi) is 1.61. The summed E-state index contributed by atoms with van der Waals surface area (Å²) in [6.45, 7) is 1.93. The van der Waals surface area contributed by atoms with Gasteiger partial charge in [-0.2, -0.15) is 0 Å². The predicted molar refractivity (Wildman–Crippen MR) is 45.6 cm³/mol. The van der Waals surface area contributed by atoms with Crippen molar-refractivity contribution >= 4 is 11.0 Å². The minimum atomic E-state index is -0.149. The molecule has 1 aromatic heterocycles. The van der Waals surface area contributed by atoms with Gasteiger partial charge in [0, 0.05) is 0 Å². The summed E-state index contributed by atoms with van der Waals surface area (Å²) < 4.78 is 18.5. The van der Waals surface area contributed by atoms with Gasteiger partial charge in [0.15, 0.2) is 0 Å². The van der Waals surface area contributed by atoms with E-state index >= 15 is 0 Å². The molecule has 0 N–H and O–H groups in total. The molecular weight excluding hydrogens is 155 g/mol. The summed E-state index contributed by atoms with van der Waals surface area (Å²) in [6, 6.07) is 5.22. The van der Waals surface area contributed by atoms with E-state index < -0.39 is 0 Å². The molecular formula is C10H9FO. The molecule has 62 valence electrons. The van der Waals surface area contributed by atoms with Crippen LogP contribution in [0.5, 0.6) is 0 Å². The molecule has 0 unspecified atom stereocenters. The summed E-state index contributed by atoms with van der Waals surface area (Å²) >= 11 is 0. The third-order valence-electron chi connectivity index (χ3n) is 2.03. The smallest absolute Gasteiger partial charge is 0.137 e. The van der Waals surface area contributed by atoms with E-state index in [2.05, 4.69) is 0 Å². The van der Waals surface area contributed by atoms with Crippen LogP contribution in [0.3, 0.4) is 0 Å². The standard InChI is InChI=1S/C10H9FO/c1-2-7-3-4-9-8(10(7)11)5-6-12-9/h3-6H,2H2,1H3. The van der Waals surface area contributed by atoms with E-state index in [9.17, 15) is 4.39 Å². The molecule has 0 saturated carbocycles. The predicted octanol–water partition coefficient (Wildman–Crippen LogP) is 3.13. The minimum absolute atomic E-state index is 0.149. The zero-order valence-corrected chi connectivity index (χ0v) is 6.80. The maximum Gasteiger partial charge on any atom is 0.137 e. The highest BCUT2D eigenvalue weighted by molar-refractivity contribution is 5.78. The van der Waals surface area contributed by atoms with Crippen LogP contribution in [0, 0.1) is 5.82 Å². The highest BCUT2D eigenvalue weighted by Crippen LogP contribution is 2.21. The Morgan fingerprint density at radius 3 is 2.92 bits per heavy atom. The number of furan rings is 1. The third kappa shape index (κ3) is 0.916. The number of rotatable bonds is 1. The Morgan fingerprint density at radius 2 is 2.17 bits per heavy atom. The number of aryl methyl sites for hydroxylation is 1. The molecule has 0 spiro atoms. The van der Waals surface area contributed by atoms with Gasteiger partial charge >= 0.3 is 0 Å². The molecule has 0 fully saturated rings. The fraction of sp³-hybridized carbons (Fsp3) is 0.200. The first-order valence-electron chi connectivity index (χ1n) is 3.97. The van der Waals surface area contributed by atoms with Crippen molar-refractivity contribution < 1.29 is 8.81 Å². The summed E-state index contributed by atoms with van der Waals surface area (Å²) in [7, 11) is 0. The normalized spacial score (nSPS) is 10.8. The van der Waals surface area contributed by atoms with Crippen molar-refractivity contribution in [3.8, 4) is 0 Å². The Balaban J connectivity index is 2.78. The quantitative estimate of drug-likeness (QED) is 0.631. The van der Waals surface area contributed by atoms with Crippen LogP contribution in [-0.4, -0.2) is 0 Å². The second-order valence-corrected chi connectivity index (χ2v) is 2.72. The first-order chi connectivity index (χ1) is 5.83. The van der Waals surface area contributed by atoms with Crippen molar-refractivity contribution in [2.45, 2.75) is 13.3 Å². The maximum atomic E-state index is 13.4. The van der Waals surface area contributed by atoms with Gasteiger partial charge < -0.3 is 4.42 Å². The Hall–Kier alpha value is -1.31. The largest absolute Gasteiger partial charge is 0.464 e. The lowest BCUT2D eigenvalue weighted by Gasteiger charge is -1.98. The summed E-state index contributed by atoms with van der Waals surface area (Å²) in [5.74, 6) is -0.149. The number of hydrogen-bond acceptors (Lipinski definition) is 1. The van der Waals surface area contributed by atoms with Crippen LogP contribution in [-0.2, 0) is 6.42 Å². The highest BCUT2D eigenvalue weighted by Gasteiger charge is 2.06. The molecule has 0 aliphatic rings. The molecule has 0 radical (unpaired) electrons.